The molecule has 34 heteroatoms. The Morgan fingerprint density at radius 1 is 0.620 bits per heavy atom. The summed E-state index contributed by atoms with van der Waals surface area (Å²) in [5.74, 6) is 2.46. The molecular formula is C37H49B14Br4N4O10S2. The summed E-state index contributed by atoms with van der Waals surface area (Å²) in [6.07, 6.45) is 14.5. The number of pyridine rings is 4. The number of sulfone groups is 2. The monoisotopic (exact) mass is 1240 g/mol. The van der Waals surface area contributed by atoms with E-state index >= 15 is 0 Å². The Labute approximate surface area is 468 Å². The first-order valence-electron chi connectivity index (χ1n) is 21.7. The molecule has 0 amide bonds. The Hall–Kier alpha value is -1.55. The van der Waals surface area contributed by atoms with Gasteiger partial charge < -0.3 is 28.6 Å². The molecule has 1 N–H and O–H groups in total. The lowest BCUT2D eigenvalue weighted by Crippen LogP contribution is -2.69. The quantitative estimate of drug-likeness (QED) is 0.0773. The summed E-state index contributed by atoms with van der Waals surface area (Å²) in [6, 6.07) is 7.08. The van der Waals surface area contributed by atoms with Crippen molar-refractivity contribution < 1.29 is 45.5 Å². The van der Waals surface area contributed by atoms with E-state index in [0.29, 0.717) is 37.6 Å². The first-order chi connectivity index (χ1) is 33.0. The lowest BCUT2D eigenvalue weighted by Gasteiger charge is -2.32. The van der Waals surface area contributed by atoms with Crippen LogP contribution in [0.15, 0.2) is 87.3 Å². The molecule has 71 heavy (non-hydrogen) atoms. The van der Waals surface area contributed by atoms with Gasteiger partial charge in [-0.2, -0.15) is 0 Å². The van der Waals surface area contributed by atoms with Crippen LogP contribution in [0.3, 0.4) is 0 Å². The number of ether oxygens (including phenoxy) is 3. The number of alkyl halides is 1. The maximum Gasteiger partial charge on any atom is 0.496 e. The van der Waals surface area contributed by atoms with Gasteiger partial charge >= 0.3 is 7.12 Å². The SMILES string of the molecule is BrCCCOc1cncc(Br)c1.CC1(C)OB(c2cncc(OCCCS(C)(=O)=O)c2)OC1(C)C.CS(=O)(=O)CCCOc1cncc(Br)c1.Oc1cncc(Br)c1.[B][B]B(B([B])[B])B(B([B])[B])B([B])[B]. The molecule has 4 aromatic heterocycles. The van der Waals surface area contributed by atoms with Gasteiger partial charge in [0.25, 0.3) is 0 Å². The van der Waals surface area contributed by atoms with Gasteiger partial charge in [-0.15, -0.1) is 0 Å². The average molecular weight is 1240 g/mol. The minimum atomic E-state index is -2.96. The van der Waals surface area contributed by atoms with Crippen molar-refractivity contribution >= 4 is 189 Å². The van der Waals surface area contributed by atoms with Gasteiger partial charge in [0.05, 0.1) is 67.3 Å². The van der Waals surface area contributed by atoms with E-state index in [2.05, 4.69) is 83.7 Å². The molecule has 5 heterocycles. The van der Waals surface area contributed by atoms with Crippen LogP contribution in [0.5, 0.6) is 23.0 Å². The molecule has 5 rings (SSSR count). The predicted octanol–water partition coefficient (Wildman–Crippen LogP) is 2.46. The third-order valence-electron chi connectivity index (χ3n) is 9.71. The Bertz CT molecular complexity index is 2350. The number of hydrogen-bond donors (Lipinski definition) is 1. The van der Waals surface area contributed by atoms with Gasteiger partial charge in [-0.05, 0) is 119 Å². The molecule has 1 saturated heterocycles. The molecule has 0 unspecified atom stereocenters. The zero-order valence-electron chi connectivity index (χ0n) is 40.6. The van der Waals surface area contributed by atoms with E-state index in [1.54, 1.807) is 55.5 Å². The van der Waals surface area contributed by atoms with Gasteiger partial charge in [-0.1, -0.05) is 15.9 Å². The second-order valence-electron chi connectivity index (χ2n) is 16.7. The number of aromatic hydroxyl groups is 1. The van der Waals surface area contributed by atoms with Crippen molar-refractivity contribution in [2.24, 2.45) is 0 Å². The van der Waals surface area contributed by atoms with Crippen LogP contribution in [-0.4, -0.2) is 203 Å². The molecule has 1 aliphatic heterocycles. The van der Waals surface area contributed by atoms with E-state index < -0.39 is 63.5 Å². The molecule has 0 aromatic carbocycles. The molecule has 359 valence electrons. The van der Waals surface area contributed by atoms with Crippen LogP contribution in [0.25, 0.3) is 0 Å². The highest BCUT2D eigenvalue weighted by Crippen LogP contribution is 2.36. The molecule has 4 aromatic rings. The van der Waals surface area contributed by atoms with Crippen LogP contribution in [0, 0.1) is 0 Å². The summed E-state index contributed by atoms with van der Waals surface area (Å²) in [7, 11) is 33.2. The average Bonchev–Trinajstić information content (AvgIpc) is 3.48. The summed E-state index contributed by atoms with van der Waals surface area (Å²) in [6.45, 7) is 9.39. The van der Waals surface area contributed by atoms with Crippen LogP contribution in [-0.2, 0) is 29.0 Å². The van der Waals surface area contributed by atoms with Gasteiger partial charge in [0.15, 0.2) is 0 Å². The number of halogens is 4. The topological polar surface area (TPSA) is 186 Å². The third-order valence-corrected chi connectivity index (χ3v) is 13.6. The normalized spacial score (nSPS) is 13.1. The Morgan fingerprint density at radius 3 is 1.31 bits per heavy atom. The van der Waals surface area contributed by atoms with Crippen molar-refractivity contribution in [2.75, 3.05) is 49.2 Å². The van der Waals surface area contributed by atoms with E-state index in [9.17, 15) is 16.8 Å². The lowest BCUT2D eigenvalue weighted by atomic mass is 8.50. The van der Waals surface area contributed by atoms with Crippen LogP contribution in [0.1, 0.15) is 47.0 Å². The minimum absolute atomic E-state index is 0.108. The number of hydrogen-bond acceptors (Lipinski definition) is 14. The number of nitrogens with zero attached hydrogens (tertiary/aromatic N) is 4. The lowest BCUT2D eigenvalue weighted by molar-refractivity contribution is 0.00578. The Morgan fingerprint density at radius 2 is 1.00 bits per heavy atom. The fourth-order valence-electron chi connectivity index (χ4n) is 5.52. The molecule has 15 radical (unpaired) electrons. The minimum Gasteiger partial charge on any atom is -0.506 e. The third kappa shape index (κ3) is 30.0. The van der Waals surface area contributed by atoms with Gasteiger partial charge in [0, 0.05) is 155 Å². The highest BCUT2D eigenvalue weighted by Gasteiger charge is 2.52. The molecular weight excluding hydrogens is 1200 g/mol. The van der Waals surface area contributed by atoms with Crippen molar-refractivity contribution in [1.29, 1.82) is 0 Å². The maximum atomic E-state index is 11.1. The van der Waals surface area contributed by atoms with E-state index in [-0.39, 0.29) is 23.6 Å². The van der Waals surface area contributed by atoms with Crippen molar-refractivity contribution in [2.45, 2.75) is 58.2 Å². The molecule has 0 aliphatic carbocycles. The molecule has 0 atom stereocenters. The Kier molecular flexibility index (Phi) is 32.5. The van der Waals surface area contributed by atoms with Gasteiger partial charge in [-0.3, -0.25) is 19.9 Å². The van der Waals surface area contributed by atoms with Crippen molar-refractivity contribution in [3.8, 4) is 23.0 Å². The van der Waals surface area contributed by atoms with Gasteiger partial charge in [0.1, 0.15) is 42.7 Å². The number of rotatable bonds is 20. The van der Waals surface area contributed by atoms with Crippen LogP contribution >= 0.6 is 63.7 Å². The summed E-state index contributed by atoms with van der Waals surface area (Å²) in [5, 5.41) is 9.69. The summed E-state index contributed by atoms with van der Waals surface area (Å²) >= 11 is 13.1. The van der Waals surface area contributed by atoms with Crippen molar-refractivity contribution in [3.05, 3.63) is 87.3 Å². The van der Waals surface area contributed by atoms with Crippen LogP contribution in [0.2, 0.25) is 0 Å². The fourth-order valence-corrected chi connectivity index (χ4v) is 8.07. The van der Waals surface area contributed by atoms with E-state index in [0.717, 1.165) is 43.0 Å². The first kappa shape index (κ1) is 67.5. The molecule has 0 saturated carbocycles. The van der Waals surface area contributed by atoms with Gasteiger partial charge in [-0.25, -0.2) is 16.8 Å². The molecule has 0 spiro atoms. The second kappa shape index (κ2) is 34.2. The standard InChI is InChI=1S/C15H24BNO5S.C9H12BrNO3S.C8H9Br2NO.C5H4BrNO.B13/c1-14(2)15(3,4)22-16(21-14)12-9-13(11-17-10-12)20-7-6-8-23(5,18)19;1-15(12,13)4-2-3-14-9-5-8(10)6-11-7-9;9-2-1-3-12-8-4-7(10)5-11-6-8;6-4-1-5(8)3-7-2-4;1-8-12(9(2)3)13(10(4)5)11(6)7/h9-11H,6-8H2,1-5H3;5-7H,2-4H2,1H3;4-6H,1-3H2;1-3,8H;. The molecule has 1 fully saturated rings. The molecule has 14 nitrogen and oxygen atoms in total. The largest absolute Gasteiger partial charge is 0.506 e. The van der Waals surface area contributed by atoms with Crippen LogP contribution < -0.4 is 19.7 Å². The zero-order valence-corrected chi connectivity index (χ0v) is 48.6. The highest BCUT2D eigenvalue weighted by molar-refractivity contribution is 9.11. The zero-order chi connectivity index (χ0) is 54.0. The number of aromatic nitrogens is 4. The summed E-state index contributed by atoms with van der Waals surface area (Å²) in [5.41, 5.74) is -0.0436. The fraction of sp³-hybridized carbons (Fsp3) is 0.459. The van der Waals surface area contributed by atoms with E-state index in [1.165, 1.54) is 25.8 Å². The predicted molar refractivity (Wildman–Crippen MR) is 316 cm³/mol. The molecule has 1 aliphatic rings. The first-order valence-corrected chi connectivity index (χ1v) is 29.3. The Balaban J connectivity index is 0.000000463. The van der Waals surface area contributed by atoms with E-state index in [1.807, 2.05) is 39.8 Å². The van der Waals surface area contributed by atoms with Crippen LogP contribution in [0.4, 0.5) is 0 Å². The molecule has 0 bridgehead atoms. The van der Waals surface area contributed by atoms with Crippen molar-refractivity contribution in [3.63, 3.8) is 0 Å². The smallest absolute Gasteiger partial charge is 0.496 e. The van der Waals surface area contributed by atoms with Gasteiger partial charge in [0.2, 0.25) is 0 Å². The highest BCUT2D eigenvalue weighted by atomic mass is 79.9. The summed E-state index contributed by atoms with van der Waals surface area (Å²) < 4.78 is 74.6. The van der Waals surface area contributed by atoms with Crippen molar-refractivity contribution in [1.82, 2.24) is 19.9 Å². The second-order valence-corrected chi connectivity index (χ2v) is 24.8. The summed E-state index contributed by atoms with van der Waals surface area (Å²) in [4.78, 5) is 15.7. The van der Waals surface area contributed by atoms with E-state index in [4.69, 9.17) is 82.8 Å². The maximum absolute atomic E-state index is 11.1.